The zero-order valence-corrected chi connectivity index (χ0v) is 10.6. The van der Waals surface area contributed by atoms with E-state index < -0.39 is 0 Å². The molecule has 0 heterocycles. The van der Waals surface area contributed by atoms with Gasteiger partial charge in [0.1, 0.15) is 6.61 Å². The van der Waals surface area contributed by atoms with Crippen molar-refractivity contribution in [2.24, 2.45) is 0 Å². The number of unbranched alkanes of at least 4 members (excludes halogenated alkanes) is 4. The zero-order chi connectivity index (χ0) is 12.2. The Balaban J connectivity index is 3.26. The van der Waals surface area contributed by atoms with Crippen LogP contribution in [0, 0.1) is 0 Å². The number of carbonyl (C=O) groups is 1. The lowest BCUT2D eigenvalue weighted by molar-refractivity contribution is -0.138. The number of esters is 1. The predicted octanol–water partition coefficient (Wildman–Crippen LogP) is 2.66. The van der Waals surface area contributed by atoms with E-state index in [2.05, 4.69) is 18.8 Å². The Hall–Kier alpha value is -0.830. The molecule has 3 heteroatoms. The first-order chi connectivity index (χ1) is 7.70. The molecule has 0 aliphatic heterocycles. The van der Waals surface area contributed by atoms with Gasteiger partial charge in [-0.25, -0.2) is 4.79 Å². The van der Waals surface area contributed by atoms with Crippen LogP contribution in [0.15, 0.2) is 12.7 Å². The van der Waals surface area contributed by atoms with E-state index in [4.69, 9.17) is 4.74 Å². The van der Waals surface area contributed by atoms with Gasteiger partial charge >= 0.3 is 5.97 Å². The molecule has 0 saturated carbocycles. The van der Waals surface area contributed by atoms with Crippen LogP contribution in [0.3, 0.4) is 0 Å². The molecule has 0 fully saturated rings. The predicted molar refractivity (Wildman–Crippen MR) is 67.4 cm³/mol. The summed E-state index contributed by atoms with van der Waals surface area (Å²) in [5.41, 5.74) is 0. The fourth-order valence-corrected chi connectivity index (χ4v) is 1.40. The van der Waals surface area contributed by atoms with Gasteiger partial charge in [0.2, 0.25) is 0 Å². The molecule has 1 unspecified atom stereocenters. The van der Waals surface area contributed by atoms with E-state index in [0.717, 1.165) is 6.54 Å². The molecule has 0 aliphatic rings. The molecular weight excluding hydrogens is 202 g/mol. The van der Waals surface area contributed by atoms with Gasteiger partial charge in [-0.15, -0.1) is 0 Å². The van der Waals surface area contributed by atoms with Gasteiger partial charge in [-0.1, -0.05) is 39.2 Å². The fraction of sp³-hybridized carbons (Fsp3) is 0.769. The highest BCUT2D eigenvalue weighted by atomic mass is 16.5. The maximum atomic E-state index is 10.8. The Morgan fingerprint density at radius 1 is 1.38 bits per heavy atom. The molecule has 16 heavy (non-hydrogen) atoms. The SMILES string of the molecule is C=CC(=O)OCC(C)NCCCCCCC. The van der Waals surface area contributed by atoms with Crippen LogP contribution in [0.25, 0.3) is 0 Å². The molecule has 0 aromatic carbocycles. The number of hydrogen-bond acceptors (Lipinski definition) is 3. The summed E-state index contributed by atoms with van der Waals surface area (Å²) in [6.07, 6.45) is 7.59. The normalized spacial score (nSPS) is 12.1. The van der Waals surface area contributed by atoms with Gasteiger partial charge in [0.25, 0.3) is 0 Å². The highest BCUT2D eigenvalue weighted by Crippen LogP contribution is 2.01. The Morgan fingerprint density at radius 3 is 2.69 bits per heavy atom. The fourth-order valence-electron chi connectivity index (χ4n) is 1.40. The number of carbonyl (C=O) groups excluding carboxylic acids is 1. The summed E-state index contributed by atoms with van der Waals surface area (Å²) in [4.78, 5) is 10.8. The largest absolute Gasteiger partial charge is 0.461 e. The summed E-state index contributed by atoms with van der Waals surface area (Å²) in [5.74, 6) is -0.350. The Labute approximate surface area is 99.3 Å². The second-order valence-corrected chi connectivity index (χ2v) is 4.10. The lowest BCUT2D eigenvalue weighted by atomic mass is 10.1. The number of nitrogens with one attached hydrogen (secondary N) is 1. The highest BCUT2D eigenvalue weighted by Gasteiger charge is 2.03. The quantitative estimate of drug-likeness (QED) is 0.354. The zero-order valence-electron chi connectivity index (χ0n) is 10.6. The van der Waals surface area contributed by atoms with Gasteiger partial charge in [0, 0.05) is 12.1 Å². The monoisotopic (exact) mass is 227 g/mol. The van der Waals surface area contributed by atoms with Crippen molar-refractivity contribution in [1.29, 1.82) is 0 Å². The number of ether oxygens (including phenoxy) is 1. The van der Waals surface area contributed by atoms with Crippen molar-refractivity contribution >= 4 is 5.97 Å². The van der Waals surface area contributed by atoms with Gasteiger partial charge in [0.05, 0.1) is 0 Å². The highest BCUT2D eigenvalue weighted by molar-refractivity contribution is 5.81. The molecule has 1 atom stereocenters. The van der Waals surface area contributed by atoms with Crippen molar-refractivity contribution in [1.82, 2.24) is 5.32 Å². The van der Waals surface area contributed by atoms with Crippen molar-refractivity contribution < 1.29 is 9.53 Å². The summed E-state index contributed by atoms with van der Waals surface area (Å²) in [7, 11) is 0. The summed E-state index contributed by atoms with van der Waals surface area (Å²) < 4.78 is 4.93. The minimum atomic E-state index is -0.350. The molecule has 0 spiro atoms. The molecule has 0 radical (unpaired) electrons. The third-order valence-corrected chi connectivity index (χ3v) is 2.42. The molecule has 3 nitrogen and oxygen atoms in total. The molecular formula is C13H25NO2. The van der Waals surface area contributed by atoms with E-state index >= 15 is 0 Å². The van der Waals surface area contributed by atoms with Crippen LogP contribution in [0.1, 0.15) is 46.0 Å². The lowest BCUT2D eigenvalue weighted by Crippen LogP contribution is -2.32. The van der Waals surface area contributed by atoms with Crippen molar-refractivity contribution in [3.63, 3.8) is 0 Å². The van der Waals surface area contributed by atoms with E-state index in [1.54, 1.807) is 0 Å². The molecule has 0 saturated heterocycles. The lowest BCUT2D eigenvalue weighted by Gasteiger charge is -2.13. The van der Waals surface area contributed by atoms with Crippen LogP contribution < -0.4 is 5.32 Å². The topological polar surface area (TPSA) is 38.3 Å². The van der Waals surface area contributed by atoms with Crippen LogP contribution >= 0.6 is 0 Å². The average Bonchev–Trinajstić information content (AvgIpc) is 2.30. The third-order valence-electron chi connectivity index (χ3n) is 2.42. The number of rotatable bonds is 10. The van der Waals surface area contributed by atoms with Gasteiger partial charge in [-0.3, -0.25) is 0 Å². The van der Waals surface area contributed by atoms with Crippen molar-refractivity contribution in [2.75, 3.05) is 13.2 Å². The van der Waals surface area contributed by atoms with Gasteiger partial charge < -0.3 is 10.1 Å². The molecule has 0 aliphatic carbocycles. The Kier molecular flexibility index (Phi) is 10.1. The summed E-state index contributed by atoms with van der Waals surface area (Å²) in [6, 6.07) is 0.218. The van der Waals surface area contributed by atoms with E-state index in [1.165, 1.54) is 38.2 Å². The van der Waals surface area contributed by atoms with Crippen LogP contribution in [0.4, 0.5) is 0 Å². The molecule has 0 bridgehead atoms. The second kappa shape index (κ2) is 10.7. The van der Waals surface area contributed by atoms with Gasteiger partial charge in [-0.2, -0.15) is 0 Å². The van der Waals surface area contributed by atoms with Crippen LogP contribution in [-0.4, -0.2) is 25.2 Å². The molecule has 0 amide bonds. The molecule has 1 N–H and O–H groups in total. The van der Waals surface area contributed by atoms with E-state index in [1.807, 2.05) is 6.92 Å². The summed E-state index contributed by atoms with van der Waals surface area (Å²) in [6.45, 7) is 8.99. The average molecular weight is 227 g/mol. The van der Waals surface area contributed by atoms with E-state index in [9.17, 15) is 4.79 Å². The van der Waals surface area contributed by atoms with E-state index in [0.29, 0.717) is 6.61 Å². The first-order valence-electron chi connectivity index (χ1n) is 6.23. The minimum absolute atomic E-state index is 0.218. The smallest absolute Gasteiger partial charge is 0.330 e. The minimum Gasteiger partial charge on any atom is -0.461 e. The standard InChI is InChI=1S/C13H25NO2/c1-4-6-7-8-9-10-14-12(3)11-16-13(15)5-2/h5,12,14H,2,4,6-11H2,1,3H3. The molecule has 0 aromatic heterocycles. The Bertz CT molecular complexity index is 192. The van der Waals surface area contributed by atoms with Crippen molar-refractivity contribution in [3.8, 4) is 0 Å². The van der Waals surface area contributed by atoms with Crippen LogP contribution in [-0.2, 0) is 9.53 Å². The molecule has 0 rings (SSSR count). The summed E-state index contributed by atoms with van der Waals surface area (Å²) in [5, 5.41) is 3.33. The van der Waals surface area contributed by atoms with Crippen molar-refractivity contribution in [2.45, 2.75) is 52.0 Å². The second-order valence-electron chi connectivity index (χ2n) is 4.10. The maximum absolute atomic E-state index is 10.8. The van der Waals surface area contributed by atoms with Gasteiger partial charge in [-0.05, 0) is 19.9 Å². The van der Waals surface area contributed by atoms with E-state index in [-0.39, 0.29) is 12.0 Å². The number of hydrogen-bond donors (Lipinski definition) is 1. The first kappa shape index (κ1) is 15.2. The van der Waals surface area contributed by atoms with Gasteiger partial charge in [0.15, 0.2) is 0 Å². The van der Waals surface area contributed by atoms with Crippen molar-refractivity contribution in [3.05, 3.63) is 12.7 Å². The summed E-state index contributed by atoms with van der Waals surface area (Å²) >= 11 is 0. The van der Waals surface area contributed by atoms with Crippen LogP contribution in [0.5, 0.6) is 0 Å². The molecule has 94 valence electrons. The Morgan fingerprint density at radius 2 is 2.06 bits per heavy atom. The first-order valence-corrected chi connectivity index (χ1v) is 6.23. The third kappa shape index (κ3) is 9.71. The maximum Gasteiger partial charge on any atom is 0.330 e. The van der Waals surface area contributed by atoms with Crippen LogP contribution in [0.2, 0.25) is 0 Å². The molecule has 0 aromatic rings.